The standard InChI is InChI=1S/C7H4NS2/c1-2-6(9-4-1)7-8-3-5-10-7/h1-3,5H. The molecule has 0 unspecified atom stereocenters. The fraction of sp³-hybridized carbons (Fsp3) is 0. The zero-order chi connectivity index (χ0) is 6.81. The van der Waals surface area contributed by atoms with E-state index in [0.29, 0.717) is 0 Å². The van der Waals surface area contributed by atoms with Crippen molar-refractivity contribution in [3.05, 3.63) is 29.1 Å². The Morgan fingerprint density at radius 2 is 2.50 bits per heavy atom. The molecular formula is C7H4NS2. The molecule has 3 heteroatoms. The van der Waals surface area contributed by atoms with E-state index in [2.05, 4.69) is 10.4 Å². The van der Waals surface area contributed by atoms with E-state index in [1.54, 1.807) is 22.7 Å². The van der Waals surface area contributed by atoms with Gasteiger partial charge in [0, 0.05) is 17.0 Å². The second-order valence-electron chi connectivity index (χ2n) is 1.75. The Balaban J connectivity index is 2.48. The number of thiazole rings is 1. The van der Waals surface area contributed by atoms with Crippen LogP contribution < -0.4 is 0 Å². The monoisotopic (exact) mass is 166 g/mol. The highest BCUT2D eigenvalue weighted by Gasteiger charge is 1.98. The van der Waals surface area contributed by atoms with Crippen LogP contribution >= 0.6 is 22.7 Å². The summed E-state index contributed by atoms with van der Waals surface area (Å²) in [5.41, 5.74) is 0. The van der Waals surface area contributed by atoms with Crippen LogP contribution in [0.4, 0.5) is 0 Å². The summed E-state index contributed by atoms with van der Waals surface area (Å²) in [6, 6.07) is 3.95. The van der Waals surface area contributed by atoms with Crippen molar-refractivity contribution in [2.75, 3.05) is 0 Å². The maximum absolute atomic E-state index is 4.17. The van der Waals surface area contributed by atoms with Gasteiger partial charge in [-0.05, 0) is 12.1 Å². The smallest absolute Gasteiger partial charge is 0.133 e. The van der Waals surface area contributed by atoms with Gasteiger partial charge in [0.05, 0.1) is 4.88 Å². The van der Waals surface area contributed by atoms with Crippen LogP contribution in [0.25, 0.3) is 9.88 Å². The molecule has 2 aromatic heterocycles. The van der Waals surface area contributed by atoms with Gasteiger partial charge in [0.15, 0.2) is 0 Å². The molecule has 0 aliphatic rings. The first-order valence-electron chi connectivity index (χ1n) is 2.82. The summed E-state index contributed by atoms with van der Waals surface area (Å²) in [4.78, 5) is 5.37. The molecule has 1 nitrogen and oxygen atoms in total. The molecular weight excluding hydrogens is 162 g/mol. The summed E-state index contributed by atoms with van der Waals surface area (Å²) in [5, 5.41) is 6.10. The molecule has 2 aromatic rings. The van der Waals surface area contributed by atoms with Crippen LogP contribution in [0.3, 0.4) is 0 Å². The lowest BCUT2D eigenvalue weighted by Gasteiger charge is -1.83. The zero-order valence-corrected chi connectivity index (χ0v) is 6.71. The van der Waals surface area contributed by atoms with Crippen LogP contribution in [0.5, 0.6) is 0 Å². The molecule has 0 atom stereocenters. The highest BCUT2D eigenvalue weighted by Crippen LogP contribution is 2.25. The van der Waals surface area contributed by atoms with Gasteiger partial charge in [-0.2, -0.15) is 0 Å². The fourth-order valence-corrected chi connectivity index (χ4v) is 2.07. The van der Waals surface area contributed by atoms with Gasteiger partial charge in [-0.15, -0.1) is 22.7 Å². The molecule has 1 radical (unpaired) electrons. The lowest BCUT2D eigenvalue weighted by molar-refractivity contribution is 1.43. The molecule has 0 aromatic carbocycles. The predicted molar refractivity (Wildman–Crippen MR) is 44.3 cm³/mol. The third kappa shape index (κ3) is 0.978. The zero-order valence-electron chi connectivity index (χ0n) is 5.07. The Bertz CT molecular complexity index is 251. The molecule has 0 saturated carbocycles. The first-order valence-corrected chi connectivity index (χ1v) is 4.52. The molecule has 2 heterocycles. The highest BCUT2D eigenvalue weighted by atomic mass is 32.1. The van der Waals surface area contributed by atoms with E-state index in [4.69, 9.17) is 0 Å². The van der Waals surface area contributed by atoms with Gasteiger partial charge in [0.2, 0.25) is 0 Å². The van der Waals surface area contributed by atoms with Crippen molar-refractivity contribution in [2.45, 2.75) is 0 Å². The Hall–Kier alpha value is -0.670. The number of thiophene rings is 1. The van der Waals surface area contributed by atoms with Crippen molar-refractivity contribution < 1.29 is 0 Å². The second kappa shape index (κ2) is 2.52. The predicted octanol–water partition coefficient (Wildman–Crippen LogP) is 2.67. The molecule has 0 amide bonds. The number of rotatable bonds is 1. The van der Waals surface area contributed by atoms with Gasteiger partial charge in [0.1, 0.15) is 5.01 Å². The third-order valence-corrected chi connectivity index (χ3v) is 2.85. The molecule has 0 N–H and O–H groups in total. The number of aromatic nitrogens is 1. The van der Waals surface area contributed by atoms with Crippen LogP contribution in [0.15, 0.2) is 23.7 Å². The Morgan fingerprint density at radius 3 is 3.10 bits per heavy atom. The van der Waals surface area contributed by atoms with Crippen molar-refractivity contribution >= 4 is 22.7 Å². The number of nitrogens with zero attached hydrogens (tertiary/aromatic N) is 1. The van der Waals surface area contributed by atoms with Crippen molar-refractivity contribution in [3.8, 4) is 9.88 Å². The molecule has 0 aliphatic heterocycles. The molecule has 0 aliphatic carbocycles. The molecule has 0 spiro atoms. The van der Waals surface area contributed by atoms with Crippen LogP contribution in [0, 0.1) is 5.38 Å². The van der Waals surface area contributed by atoms with Crippen LogP contribution in [0.1, 0.15) is 0 Å². The highest BCUT2D eigenvalue weighted by molar-refractivity contribution is 7.19. The van der Waals surface area contributed by atoms with Gasteiger partial charge in [-0.1, -0.05) is 0 Å². The van der Waals surface area contributed by atoms with E-state index in [-0.39, 0.29) is 0 Å². The summed E-state index contributed by atoms with van der Waals surface area (Å²) in [7, 11) is 0. The molecule has 49 valence electrons. The Morgan fingerprint density at radius 1 is 1.50 bits per heavy atom. The summed E-state index contributed by atoms with van der Waals surface area (Å²) >= 11 is 3.26. The van der Waals surface area contributed by atoms with Crippen LogP contribution in [-0.4, -0.2) is 4.98 Å². The topological polar surface area (TPSA) is 12.9 Å². The van der Waals surface area contributed by atoms with Crippen molar-refractivity contribution in [1.29, 1.82) is 0 Å². The summed E-state index contributed by atoms with van der Waals surface area (Å²) in [5.74, 6) is 0. The lowest BCUT2D eigenvalue weighted by Crippen LogP contribution is -1.63. The average molecular weight is 166 g/mol. The summed E-state index contributed by atoms with van der Waals surface area (Å²) < 4.78 is 0. The Kier molecular flexibility index (Phi) is 1.53. The van der Waals surface area contributed by atoms with Crippen molar-refractivity contribution in [1.82, 2.24) is 4.98 Å². The van der Waals surface area contributed by atoms with E-state index >= 15 is 0 Å². The minimum absolute atomic E-state index is 1.09. The molecule has 2 rings (SSSR count). The Labute approximate surface area is 67.0 Å². The first-order chi connectivity index (χ1) is 4.97. The second-order valence-corrected chi connectivity index (χ2v) is 3.53. The normalized spacial score (nSPS) is 10.0. The molecule has 0 bridgehead atoms. The first kappa shape index (κ1) is 6.07. The SMILES string of the molecule is [c]1ccc(-c2nccs2)s1. The maximum Gasteiger partial charge on any atom is 0.133 e. The molecule has 0 fully saturated rings. The van der Waals surface area contributed by atoms with Crippen LogP contribution in [-0.2, 0) is 0 Å². The molecule has 10 heavy (non-hydrogen) atoms. The minimum atomic E-state index is 1.09. The van der Waals surface area contributed by atoms with E-state index in [1.165, 1.54) is 4.88 Å². The van der Waals surface area contributed by atoms with E-state index < -0.39 is 0 Å². The maximum atomic E-state index is 4.17. The average Bonchev–Trinajstić information content (AvgIpc) is 2.59. The van der Waals surface area contributed by atoms with Crippen molar-refractivity contribution in [2.24, 2.45) is 0 Å². The summed E-state index contributed by atoms with van der Waals surface area (Å²) in [6.07, 6.45) is 1.82. The van der Waals surface area contributed by atoms with Gasteiger partial charge in [0.25, 0.3) is 0 Å². The molecule has 0 saturated heterocycles. The minimum Gasteiger partial charge on any atom is -0.244 e. The number of hydrogen-bond donors (Lipinski definition) is 0. The summed E-state index contributed by atoms with van der Waals surface area (Å²) in [6.45, 7) is 0. The van der Waals surface area contributed by atoms with Gasteiger partial charge in [-0.25, -0.2) is 4.98 Å². The van der Waals surface area contributed by atoms with Crippen LogP contribution in [0.2, 0.25) is 0 Å². The third-order valence-electron chi connectivity index (χ3n) is 1.11. The van der Waals surface area contributed by atoms with Gasteiger partial charge < -0.3 is 0 Å². The van der Waals surface area contributed by atoms with Crippen molar-refractivity contribution in [3.63, 3.8) is 0 Å². The van der Waals surface area contributed by atoms with E-state index in [0.717, 1.165) is 5.01 Å². The van der Waals surface area contributed by atoms with E-state index in [1.807, 2.05) is 23.7 Å². The fourth-order valence-electron chi connectivity index (χ4n) is 0.701. The number of hydrogen-bond acceptors (Lipinski definition) is 3. The van der Waals surface area contributed by atoms with E-state index in [9.17, 15) is 0 Å². The van der Waals surface area contributed by atoms with Gasteiger partial charge in [-0.3, -0.25) is 0 Å². The van der Waals surface area contributed by atoms with Gasteiger partial charge >= 0.3 is 0 Å². The lowest BCUT2D eigenvalue weighted by atomic mass is 10.5. The quantitative estimate of drug-likeness (QED) is 0.634. The largest absolute Gasteiger partial charge is 0.244 e.